The zero-order valence-electron chi connectivity index (χ0n) is 18.3. The molecular formula is C23H23ClN6O3. The van der Waals surface area contributed by atoms with E-state index in [1.165, 1.54) is 4.68 Å². The number of aliphatic hydroxyl groups excluding tert-OH is 1. The second-order valence-electron chi connectivity index (χ2n) is 8.36. The van der Waals surface area contributed by atoms with E-state index in [1.807, 2.05) is 50.5 Å². The van der Waals surface area contributed by atoms with Crippen LogP contribution in [0.2, 0.25) is 5.02 Å². The Hall–Kier alpha value is -3.14. The zero-order chi connectivity index (χ0) is 23.1. The van der Waals surface area contributed by atoms with Crippen LogP contribution in [0.3, 0.4) is 0 Å². The van der Waals surface area contributed by atoms with Gasteiger partial charge >= 0.3 is 0 Å². The lowest BCUT2D eigenvalue weighted by Crippen LogP contribution is -2.40. The molecular weight excluding hydrogens is 444 g/mol. The van der Waals surface area contributed by atoms with Gasteiger partial charge in [-0.15, -0.1) is 10.2 Å². The van der Waals surface area contributed by atoms with Crippen molar-refractivity contribution in [1.82, 2.24) is 30.0 Å². The molecule has 0 unspecified atom stereocenters. The van der Waals surface area contributed by atoms with Crippen molar-refractivity contribution >= 4 is 22.5 Å². The number of aromatic nitrogens is 6. The van der Waals surface area contributed by atoms with Crippen molar-refractivity contribution < 1.29 is 9.84 Å². The van der Waals surface area contributed by atoms with E-state index in [0.717, 1.165) is 27.9 Å². The van der Waals surface area contributed by atoms with Crippen LogP contribution in [0.25, 0.3) is 22.2 Å². The highest BCUT2D eigenvalue weighted by Gasteiger charge is 2.28. The smallest absolute Gasteiger partial charge is 0.278 e. The maximum absolute atomic E-state index is 13.3. The summed E-state index contributed by atoms with van der Waals surface area (Å²) in [5.41, 5.74) is 4.72. The molecule has 2 atom stereocenters. The monoisotopic (exact) mass is 466 g/mol. The van der Waals surface area contributed by atoms with Crippen molar-refractivity contribution in [3.63, 3.8) is 0 Å². The van der Waals surface area contributed by atoms with Crippen molar-refractivity contribution in [2.24, 2.45) is 7.05 Å². The van der Waals surface area contributed by atoms with Gasteiger partial charge in [-0.25, -0.2) is 4.68 Å². The van der Waals surface area contributed by atoms with Gasteiger partial charge in [0.25, 0.3) is 5.56 Å². The third-order valence-corrected chi connectivity index (χ3v) is 6.59. The van der Waals surface area contributed by atoms with Crippen LogP contribution in [0.4, 0.5) is 0 Å². The van der Waals surface area contributed by atoms with Crippen molar-refractivity contribution in [2.45, 2.75) is 31.9 Å². The van der Waals surface area contributed by atoms with E-state index in [9.17, 15) is 9.90 Å². The van der Waals surface area contributed by atoms with Crippen LogP contribution in [0.1, 0.15) is 29.2 Å². The normalized spacial score (nSPS) is 18.7. The first-order valence-electron chi connectivity index (χ1n) is 10.7. The van der Waals surface area contributed by atoms with E-state index < -0.39 is 12.1 Å². The van der Waals surface area contributed by atoms with Crippen LogP contribution < -0.4 is 5.56 Å². The number of fused-ring (bicyclic) bond motifs is 1. The van der Waals surface area contributed by atoms with Gasteiger partial charge in [-0.2, -0.15) is 0 Å². The molecule has 0 bridgehead atoms. The Bertz CT molecular complexity index is 1380. The van der Waals surface area contributed by atoms with Crippen molar-refractivity contribution in [3.05, 3.63) is 68.6 Å². The number of ether oxygens (including phenoxy) is 1. The molecule has 5 rings (SSSR count). The second-order valence-corrected chi connectivity index (χ2v) is 8.74. The van der Waals surface area contributed by atoms with E-state index in [-0.39, 0.29) is 12.2 Å². The quantitative estimate of drug-likeness (QED) is 0.492. The number of halogens is 1. The molecule has 33 heavy (non-hydrogen) atoms. The Labute approximate surface area is 194 Å². The maximum atomic E-state index is 13.3. The van der Waals surface area contributed by atoms with E-state index in [1.54, 1.807) is 4.68 Å². The number of hydrogen-bond donors (Lipinski definition) is 1. The summed E-state index contributed by atoms with van der Waals surface area (Å²) in [6, 6.07) is 9.43. The molecule has 1 fully saturated rings. The first-order chi connectivity index (χ1) is 15.9. The Balaban J connectivity index is 1.51. The van der Waals surface area contributed by atoms with Crippen molar-refractivity contribution in [3.8, 4) is 11.3 Å². The molecule has 2 aromatic carbocycles. The SMILES string of the molecule is Cc1c(Cc2ccc(-c3cn(C)nn3)cc2)cc2c(=O)n([C@H]3CCOC[C@@H]3O)nnc2c1Cl. The molecule has 1 saturated heterocycles. The molecule has 0 spiro atoms. The fourth-order valence-electron chi connectivity index (χ4n) is 4.20. The number of nitrogens with zero attached hydrogens (tertiary/aromatic N) is 6. The lowest BCUT2D eigenvalue weighted by atomic mass is 9.97. The number of hydrogen-bond acceptors (Lipinski definition) is 7. The van der Waals surface area contributed by atoms with E-state index in [0.29, 0.717) is 35.4 Å². The summed E-state index contributed by atoms with van der Waals surface area (Å²) < 4.78 is 8.21. The minimum Gasteiger partial charge on any atom is -0.388 e. The first-order valence-corrected chi connectivity index (χ1v) is 11.1. The topological polar surface area (TPSA) is 108 Å². The van der Waals surface area contributed by atoms with Gasteiger partial charge < -0.3 is 9.84 Å². The molecule has 2 aromatic heterocycles. The van der Waals surface area contributed by atoms with Crippen LogP contribution in [0, 0.1) is 6.92 Å². The van der Waals surface area contributed by atoms with Gasteiger partial charge in [-0.05, 0) is 42.5 Å². The third-order valence-electron chi connectivity index (χ3n) is 6.12. The number of rotatable bonds is 4. The van der Waals surface area contributed by atoms with Gasteiger partial charge in [0.05, 0.1) is 35.4 Å². The van der Waals surface area contributed by atoms with E-state index >= 15 is 0 Å². The Morgan fingerprint density at radius 1 is 1.21 bits per heavy atom. The Morgan fingerprint density at radius 2 is 2.00 bits per heavy atom. The largest absolute Gasteiger partial charge is 0.388 e. The predicted octanol–water partition coefficient (Wildman–Crippen LogP) is 2.46. The van der Waals surface area contributed by atoms with Gasteiger partial charge in [-0.3, -0.25) is 9.48 Å². The fourth-order valence-corrected chi connectivity index (χ4v) is 4.46. The van der Waals surface area contributed by atoms with Crippen molar-refractivity contribution in [1.29, 1.82) is 0 Å². The van der Waals surface area contributed by atoms with Gasteiger partial charge in [0.2, 0.25) is 0 Å². The standard InChI is InChI=1S/C23H23ClN6O3/c1-13-16(9-14-3-5-15(6-4-14)18-11-29(2)27-25-18)10-17-22(21(13)24)26-28-30(23(17)32)19-7-8-33-12-20(19)31/h3-6,10-11,19-20,31H,7-9,12H2,1-2H3/t19-,20-/m0/s1. The average Bonchev–Trinajstić information content (AvgIpc) is 3.25. The Morgan fingerprint density at radius 3 is 2.70 bits per heavy atom. The van der Waals surface area contributed by atoms with Crippen LogP contribution >= 0.6 is 11.6 Å². The highest BCUT2D eigenvalue weighted by Crippen LogP contribution is 2.29. The number of aryl methyl sites for hydroxylation is 1. The fraction of sp³-hybridized carbons (Fsp3) is 0.348. The van der Waals surface area contributed by atoms with Gasteiger partial charge in [0.15, 0.2) is 0 Å². The maximum Gasteiger partial charge on any atom is 0.278 e. The number of aliphatic hydroxyl groups is 1. The van der Waals surface area contributed by atoms with Crippen molar-refractivity contribution in [2.75, 3.05) is 13.2 Å². The molecule has 0 aliphatic carbocycles. The van der Waals surface area contributed by atoms with Crippen LogP contribution in [0.15, 0.2) is 41.3 Å². The summed E-state index contributed by atoms with van der Waals surface area (Å²) in [7, 11) is 1.83. The minimum absolute atomic E-state index is 0.168. The summed E-state index contributed by atoms with van der Waals surface area (Å²) in [6.45, 7) is 2.54. The summed E-state index contributed by atoms with van der Waals surface area (Å²) in [4.78, 5) is 13.3. The molecule has 9 nitrogen and oxygen atoms in total. The van der Waals surface area contributed by atoms with Gasteiger partial charge in [0, 0.05) is 19.2 Å². The number of benzene rings is 2. The molecule has 0 saturated carbocycles. The molecule has 4 aromatic rings. The van der Waals surface area contributed by atoms with Gasteiger partial charge in [-0.1, -0.05) is 46.3 Å². The van der Waals surface area contributed by atoms with Crippen LogP contribution in [-0.2, 0) is 18.2 Å². The predicted molar refractivity (Wildman–Crippen MR) is 123 cm³/mol. The summed E-state index contributed by atoms with van der Waals surface area (Å²) in [5.74, 6) is 0. The third kappa shape index (κ3) is 4.03. The van der Waals surface area contributed by atoms with Gasteiger partial charge in [0.1, 0.15) is 11.2 Å². The molecule has 0 amide bonds. The molecule has 1 N–H and O–H groups in total. The average molecular weight is 467 g/mol. The molecule has 0 radical (unpaired) electrons. The van der Waals surface area contributed by atoms with E-state index in [4.69, 9.17) is 16.3 Å². The highest BCUT2D eigenvalue weighted by molar-refractivity contribution is 6.35. The highest BCUT2D eigenvalue weighted by atomic mass is 35.5. The second kappa shape index (κ2) is 8.66. The first kappa shape index (κ1) is 21.7. The lowest BCUT2D eigenvalue weighted by molar-refractivity contribution is -0.0434. The van der Waals surface area contributed by atoms with E-state index in [2.05, 4.69) is 20.6 Å². The summed E-state index contributed by atoms with van der Waals surface area (Å²) in [6.07, 6.45) is 2.15. The minimum atomic E-state index is -0.809. The molecule has 10 heteroatoms. The summed E-state index contributed by atoms with van der Waals surface area (Å²) in [5, 5.41) is 27.5. The van der Waals surface area contributed by atoms with Crippen LogP contribution in [-0.4, -0.2) is 54.4 Å². The molecule has 170 valence electrons. The summed E-state index contributed by atoms with van der Waals surface area (Å²) >= 11 is 6.61. The Kier molecular flexibility index (Phi) is 5.69. The lowest BCUT2D eigenvalue weighted by Gasteiger charge is -2.27. The molecule has 1 aliphatic rings. The molecule has 3 heterocycles. The molecule has 1 aliphatic heterocycles. The van der Waals surface area contributed by atoms with Crippen LogP contribution in [0.5, 0.6) is 0 Å². The zero-order valence-corrected chi connectivity index (χ0v) is 19.0.